The van der Waals surface area contributed by atoms with Gasteiger partial charge < -0.3 is 19.4 Å². The van der Waals surface area contributed by atoms with E-state index in [2.05, 4.69) is 31.0 Å². The van der Waals surface area contributed by atoms with E-state index < -0.39 is 5.41 Å². The number of hydrogen-bond acceptors (Lipinski definition) is 4. The summed E-state index contributed by atoms with van der Waals surface area (Å²) >= 11 is 0. The van der Waals surface area contributed by atoms with Gasteiger partial charge in [0.15, 0.2) is 5.78 Å². The number of amides is 1. The van der Waals surface area contributed by atoms with Gasteiger partial charge in [0.25, 0.3) is 0 Å². The molecule has 2 aromatic rings. The molecule has 1 aromatic carbocycles. The molecule has 0 atom stereocenters. The van der Waals surface area contributed by atoms with Gasteiger partial charge in [0.05, 0.1) is 18.9 Å². The Morgan fingerprint density at radius 3 is 2.27 bits per heavy atom. The summed E-state index contributed by atoms with van der Waals surface area (Å²) in [6.45, 7) is 8.77. The average molecular weight is 455 g/mol. The van der Waals surface area contributed by atoms with E-state index in [9.17, 15) is 9.59 Å². The molecular weight excluding hydrogens is 416 g/mol. The first kappa shape index (κ1) is 24.0. The first-order valence-corrected chi connectivity index (χ1v) is 12.8. The predicted molar refractivity (Wildman–Crippen MR) is 131 cm³/mol. The molecule has 0 saturated carbocycles. The zero-order valence-electron chi connectivity index (χ0n) is 20.4. The number of rotatable bonds is 11. The number of aryl methyl sites for hydroxylation is 1. The highest BCUT2D eigenvalue weighted by molar-refractivity contribution is 6.12. The number of benzene rings is 1. The van der Waals surface area contributed by atoms with Crippen LogP contribution in [0.2, 0.25) is 0 Å². The predicted octanol–water partition coefficient (Wildman–Crippen LogP) is 5.31. The van der Waals surface area contributed by atoms with Crippen LogP contribution in [-0.2, 0) is 26.1 Å². The smallest absolute Gasteiger partial charge is 0.242 e. The molecule has 0 saturated heterocycles. The second-order valence-electron chi connectivity index (χ2n) is 9.47. The molecule has 2 heterocycles. The van der Waals surface area contributed by atoms with Crippen LogP contribution in [0.3, 0.4) is 0 Å². The standard InChI is InChI=1S/C27H38N2O4/c1-4-7-13-32-17-27(18-33-14-8-5-2)21-16-22-20(15-23(21)29(6-3)26(27)31)19-11-9-10-12-24(30)25(19)28-22/h15-16,28H,4-14,17-18H2,1-3H3. The van der Waals surface area contributed by atoms with E-state index in [1.165, 1.54) is 0 Å². The van der Waals surface area contributed by atoms with E-state index in [-0.39, 0.29) is 11.7 Å². The summed E-state index contributed by atoms with van der Waals surface area (Å²) in [6.07, 6.45) is 7.47. The van der Waals surface area contributed by atoms with Gasteiger partial charge in [-0.15, -0.1) is 0 Å². The monoisotopic (exact) mass is 454 g/mol. The highest BCUT2D eigenvalue weighted by Gasteiger charge is 2.51. The molecule has 4 rings (SSSR count). The third kappa shape index (κ3) is 4.35. The van der Waals surface area contributed by atoms with Crippen LogP contribution in [0.4, 0.5) is 5.69 Å². The van der Waals surface area contributed by atoms with E-state index in [1.54, 1.807) is 0 Å². The Bertz CT molecular complexity index is 997. The lowest BCUT2D eigenvalue weighted by Gasteiger charge is -2.28. The Morgan fingerprint density at radius 1 is 0.970 bits per heavy atom. The lowest BCUT2D eigenvalue weighted by Crippen LogP contribution is -2.47. The van der Waals surface area contributed by atoms with Crippen molar-refractivity contribution in [3.8, 4) is 0 Å². The number of ketones is 1. The number of likely N-dealkylation sites (N-methyl/N-ethyl adjacent to an activating group) is 1. The number of H-pyrrole nitrogens is 1. The number of unbranched alkanes of at least 4 members (excludes halogenated alkanes) is 2. The molecule has 0 unspecified atom stereocenters. The van der Waals surface area contributed by atoms with Crippen molar-refractivity contribution in [2.45, 2.75) is 77.6 Å². The number of fused-ring (bicyclic) bond motifs is 4. The molecule has 1 aliphatic carbocycles. The summed E-state index contributed by atoms with van der Waals surface area (Å²) in [5.74, 6) is 0.252. The number of aromatic nitrogens is 1. The summed E-state index contributed by atoms with van der Waals surface area (Å²) in [5, 5.41) is 1.07. The molecular formula is C27H38N2O4. The average Bonchev–Trinajstić information content (AvgIpc) is 3.20. The number of ether oxygens (including phenoxy) is 2. The van der Waals surface area contributed by atoms with Gasteiger partial charge in [-0.25, -0.2) is 0 Å². The summed E-state index contributed by atoms with van der Waals surface area (Å²) in [6, 6.07) is 4.21. The van der Waals surface area contributed by atoms with Gasteiger partial charge in [-0.1, -0.05) is 26.7 Å². The SMILES string of the molecule is CCCCOCC1(COCCCC)C(=O)N(CC)c2cc3c4c([nH]c3cc21)C(=O)CCCC4. The first-order valence-electron chi connectivity index (χ1n) is 12.8. The fraction of sp³-hybridized carbons (Fsp3) is 0.630. The van der Waals surface area contributed by atoms with Crippen molar-refractivity contribution >= 4 is 28.3 Å². The Hall–Kier alpha value is -2.18. The Labute approximate surface area is 197 Å². The van der Waals surface area contributed by atoms with Crippen molar-refractivity contribution in [2.75, 3.05) is 37.9 Å². The molecule has 6 heteroatoms. The van der Waals surface area contributed by atoms with Crippen LogP contribution < -0.4 is 4.90 Å². The maximum atomic E-state index is 13.8. The Kier molecular flexibility index (Phi) is 7.55. The van der Waals surface area contributed by atoms with Crippen molar-refractivity contribution < 1.29 is 19.1 Å². The van der Waals surface area contributed by atoms with Crippen molar-refractivity contribution in [2.24, 2.45) is 0 Å². The first-order chi connectivity index (χ1) is 16.1. The minimum absolute atomic E-state index is 0.0582. The molecule has 33 heavy (non-hydrogen) atoms. The van der Waals surface area contributed by atoms with Gasteiger partial charge in [-0.3, -0.25) is 9.59 Å². The summed E-state index contributed by atoms with van der Waals surface area (Å²) < 4.78 is 12.1. The van der Waals surface area contributed by atoms with E-state index >= 15 is 0 Å². The lowest BCUT2D eigenvalue weighted by molar-refractivity contribution is -0.128. The fourth-order valence-electron chi connectivity index (χ4n) is 5.21. The van der Waals surface area contributed by atoms with Crippen LogP contribution in [0.15, 0.2) is 12.1 Å². The molecule has 1 aromatic heterocycles. The number of aromatic amines is 1. The van der Waals surface area contributed by atoms with Gasteiger partial charge in [-0.2, -0.15) is 0 Å². The van der Waals surface area contributed by atoms with E-state index in [4.69, 9.17) is 9.47 Å². The van der Waals surface area contributed by atoms with Crippen molar-refractivity contribution in [3.05, 3.63) is 29.0 Å². The van der Waals surface area contributed by atoms with Crippen LogP contribution in [0.25, 0.3) is 10.9 Å². The van der Waals surface area contributed by atoms with Crippen LogP contribution in [-0.4, -0.2) is 49.6 Å². The topological polar surface area (TPSA) is 71.6 Å². The van der Waals surface area contributed by atoms with Crippen LogP contribution >= 0.6 is 0 Å². The van der Waals surface area contributed by atoms with Crippen LogP contribution in [0.5, 0.6) is 0 Å². The van der Waals surface area contributed by atoms with Crippen molar-refractivity contribution in [3.63, 3.8) is 0 Å². The van der Waals surface area contributed by atoms with Crippen molar-refractivity contribution in [1.29, 1.82) is 0 Å². The quantitative estimate of drug-likeness (QED) is 0.369. The number of carbonyl (C=O) groups is 2. The van der Waals surface area contributed by atoms with E-state index in [0.29, 0.717) is 39.4 Å². The van der Waals surface area contributed by atoms with Gasteiger partial charge in [0.2, 0.25) is 5.91 Å². The van der Waals surface area contributed by atoms with Gasteiger partial charge in [0, 0.05) is 42.8 Å². The third-order valence-corrected chi connectivity index (χ3v) is 7.14. The minimum atomic E-state index is -0.854. The molecule has 0 radical (unpaired) electrons. The van der Waals surface area contributed by atoms with Crippen LogP contribution in [0, 0.1) is 0 Å². The van der Waals surface area contributed by atoms with Crippen molar-refractivity contribution in [1.82, 2.24) is 4.98 Å². The highest BCUT2D eigenvalue weighted by Crippen LogP contribution is 2.45. The normalized spacial score (nSPS) is 17.5. The maximum absolute atomic E-state index is 13.8. The molecule has 2 aliphatic rings. The molecule has 0 spiro atoms. The fourth-order valence-corrected chi connectivity index (χ4v) is 5.21. The molecule has 1 N–H and O–H groups in total. The summed E-state index contributed by atoms with van der Waals surface area (Å²) in [4.78, 5) is 31.8. The Balaban J connectivity index is 1.79. The minimum Gasteiger partial charge on any atom is -0.380 e. The Morgan fingerprint density at radius 2 is 1.64 bits per heavy atom. The number of nitrogens with zero attached hydrogens (tertiary/aromatic N) is 1. The largest absolute Gasteiger partial charge is 0.380 e. The molecule has 180 valence electrons. The zero-order valence-corrected chi connectivity index (χ0v) is 20.4. The third-order valence-electron chi connectivity index (χ3n) is 7.14. The number of hydrogen-bond donors (Lipinski definition) is 1. The second-order valence-corrected chi connectivity index (χ2v) is 9.47. The number of nitrogens with one attached hydrogen (secondary N) is 1. The zero-order chi connectivity index (χ0) is 23.4. The molecule has 6 nitrogen and oxygen atoms in total. The van der Waals surface area contributed by atoms with E-state index in [1.807, 2.05) is 11.8 Å². The van der Waals surface area contributed by atoms with Gasteiger partial charge in [-0.05, 0) is 62.3 Å². The summed E-state index contributed by atoms with van der Waals surface area (Å²) in [5.41, 5.74) is 3.84. The number of carbonyl (C=O) groups excluding carboxylic acids is 2. The van der Waals surface area contributed by atoms with Gasteiger partial charge in [0.1, 0.15) is 5.41 Å². The van der Waals surface area contributed by atoms with Crippen LogP contribution in [0.1, 0.15) is 87.3 Å². The highest BCUT2D eigenvalue weighted by atomic mass is 16.5. The molecule has 0 fully saturated rings. The number of anilines is 1. The second kappa shape index (κ2) is 10.4. The maximum Gasteiger partial charge on any atom is 0.242 e. The number of Topliss-reactive ketones (excluding diaryl/α,β-unsaturated/α-hetero) is 1. The van der Waals surface area contributed by atoms with Gasteiger partial charge >= 0.3 is 0 Å². The molecule has 1 aliphatic heterocycles. The summed E-state index contributed by atoms with van der Waals surface area (Å²) in [7, 11) is 0. The van der Waals surface area contributed by atoms with E-state index in [0.717, 1.165) is 78.4 Å². The molecule has 1 amide bonds. The lowest BCUT2D eigenvalue weighted by atomic mass is 9.82. The molecule has 0 bridgehead atoms.